The Bertz CT molecular complexity index is 511. The first-order valence-corrected chi connectivity index (χ1v) is 6.83. The lowest BCUT2D eigenvalue weighted by Crippen LogP contribution is -1.90. The van der Waals surface area contributed by atoms with Crippen LogP contribution >= 0.6 is 23.4 Å². The summed E-state index contributed by atoms with van der Waals surface area (Å²) in [6.07, 6.45) is 2.03. The Labute approximate surface area is 111 Å². The first kappa shape index (κ1) is 12.3. The molecule has 2 aromatic carbocycles. The molecule has 0 bridgehead atoms. The molecule has 0 aromatic heterocycles. The summed E-state index contributed by atoms with van der Waals surface area (Å²) in [6.45, 7) is 0. The van der Waals surface area contributed by atoms with Gasteiger partial charge in [0.1, 0.15) is 5.75 Å². The van der Waals surface area contributed by atoms with Crippen molar-refractivity contribution in [1.82, 2.24) is 0 Å². The Morgan fingerprint density at radius 2 is 1.82 bits per heavy atom. The molecule has 0 radical (unpaired) electrons. The van der Waals surface area contributed by atoms with Gasteiger partial charge in [0.2, 0.25) is 0 Å². The van der Waals surface area contributed by atoms with Crippen molar-refractivity contribution in [2.75, 3.05) is 13.4 Å². The lowest BCUT2D eigenvalue weighted by atomic mass is 10.0. The van der Waals surface area contributed by atoms with Gasteiger partial charge >= 0.3 is 0 Å². The second-order valence-electron chi connectivity index (χ2n) is 3.56. The second-order valence-corrected chi connectivity index (χ2v) is 4.84. The minimum Gasteiger partial charge on any atom is -0.495 e. The summed E-state index contributed by atoms with van der Waals surface area (Å²) in [5, 5.41) is 0.651. The SMILES string of the molecule is COc1c(Cl)cc(SC)cc1-c1ccccc1. The Balaban J connectivity index is 2.62. The highest BCUT2D eigenvalue weighted by Crippen LogP contribution is 2.39. The standard InChI is InChI=1S/C14H13ClOS/c1-16-14-12(10-6-4-3-5-7-10)8-11(17-2)9-13(14)15/h3-9H,1-2H3. The zero-order valence-electron chi connectivity index (χ0n) is 9.74. The summed E-state index contributed by atoms with van der Waals surface area (Å²) >= 11 is 7.90. The summed E-state index contributed by atoms with van der Waals surface area (Å²) in [7, 11) is 1.65. The van der Waals surface area contributed by atoms with Crippen LogP contribution in [0.5, 0.6) is 5.75 Å². The van der Waals surface area contributed by atoms with Gasteiger partial charge in [0, 0.05) is 10.5 Å². The van der Waals surface area contributed by atoms with E-state index in [1.165, 1.54) is 0 Å². The van der Waals surface area contributed by atoms with E-state index in [9.17, 15) is 0 Å². The topological polar surface area (TPSA) is 9.23 Å². The number of rotatable bonds is 3. The van der Waals surface area contributed by atoms with Crippen LogP contribution in [0.2, 0.25) is 5.02 Å². The fourth-order valence-electron chi connectivity index (χ4n) is 1.73. The molecule has 2 rings (SSSR count). The summed E-state index contributed by atoms with van der Waals surface area (Å²) in [6, 6.07) is 14.2. The average Bonchev–Trinajstić information content (AvgIpc) is 2.38. The molecule has 0 fully saturated rings. The van der Waals surface area contributed by atoms with Crippen molar-refractivity contribution in [3.05, 3.63) is 47.5 Å². The van der Waals surface area contributed by atoms with Crippen LogP contribution in [0.25, 0.3) is 11.1 Å². The smallest absolute Gasteiger partial charge is 0.145 e. The van der Waals surface area contributed by atoms with Gasteiger partial charge in [0.05, 0.1) is 12.1 Å². The Hall–Kier alpha value is -1.12. The van der Waals surface area contributed by atoms with E-state index in [4.69, 9.17) is 16.3 Å². The van der Waals surface area contributed by atoms with Crippen LogP contribution in [0.4, 0.5) is 0 Å². The number of thioether (sulfide) groups is 1. The van der Waals surface area contributed by atoms with Crippen molar-refractivity contribution in [3.8, 4) is 16.9 Å². The maximum atomic E-state index is 6.23. The van der Waals surface area contributed by atoms with E-state index in [0.717, 1.165) is 21.8 Å². The fourth-order valence-corrected chi connectivity index (χ4v) is 2.56. The zero-order valence-corrected chi connectivity index (χ0v) is 11.3. The molecular formula is C14H13ClOS. The Morgan fingerprint density at radius 3 is 2.41 bits per heavy atom. The molecule has 0 N–H and O–H groups in total. The van der Waals surface area contributed by atoms with E-state index < -0.39 is 0 Å². The monoisotopic (exact) mass is 264 g/mol. The fraction of sp³-hybridized carbons (Fsp3) is 0.143. The summed E-state index contributed by atoms with van der Waals surface area (Å²) < 4.78 is 5.39. The highest BCUT2D eigenvalue weighted by Gasteiger charge is 2.11. The third-order valence-corrected chi connectivity index (χ3v) is 3.53. The molecule has 0 atom stereocenters. The van der Waals surface area contributed by atoms with Crippen molar-refractivity contribution in [1.29, 1.82) is 0 Å². The largest absolute Gasteiger partial charge is 0.495 e. The summed E-state index contributed by atoms with van der Waals surface area (Å²) in [5.74, 6) is 0.732. The van der Waals surface area contributed by atoms with Gasteiger partial charge in [-0.3, -0.25) is 0 Å². The minimum atomic E-state index is 0.651. The van der Waals surface area contributed by atoms with Gasteiger partial charge in [-0.1, -0.05) is 41.9 Å². The molecule has 0 saturated carbocycles. The predicted molar refractivity (Wildman–Crippen MR) is 75.2 cm³/mol. The number of benzene rings is 2. The van der Waals surface area contributed by atoms with Crippen molar-refractivity contribution in [3.63, 3.8) is 0 Å². The van der Waals surface area contributed by atoms with Crippen LogP contribution in [0.1, 0.15) is 0 Å². The van der Waals surface area contributed by atoms with Crippen LogP contribution in [-0.4, -0.2) is 13.4 Å². The van der Waals surface area contributed by atoms with E-state index in [2.05, 4.69) is 18.2 Å². The molecule has 0 aliphatic heterocycles. The molecule has 3 heteroatoms. The number of hydrogen-bond donors (Lipinski definition) is 0. The molecule has 1 nitrogen and oxygen atoms in total. The van der Waals surface area contributed by atoms with Crippen molar-refractivity contribution in [2.24, 2.45) is 0 Å². The molecule has 0 spiro atoms. The summed E-state index contributed by atoms with van der Waals surface area (Å²) in [5.41, 5.74) is 2.15. The first-order chi connectivity index (χ1) is 8.26. The van der Waals surface area contributed by atoms with Crippen molar-refractivity contribution >= 4 is 23.4 Å². The Kier molecular flexibility index (Phi) is 3.97. The van der Waals surface area contributed by atoms with Crippen LogP contribution in [0.15, 0.2) is 47.4 Å². The molecule has 0 saturated heterocycles. The summed E-state index contributed by atoms with van der Waals surface area (Å²) in [4.78, 5) is 1.13. The van der Waals surface area contributed by atoms with E-state index in [1.807, 2.05) is 30.5 Å². The van der Waals surface area contributed by atoms with Gasteiger partial charge in [-0.2, -0.15) is 0 Å². The molecular weight excluding hydrogens is 252 g/mol. The Morgan fingerprint density at radius 1 is 1.12 bits per heavy atom. The number of halogens is 1. The molecule has 0 aliphatic rings. The molecule has 0 aliphatic carbocycles. The van der Waals surface area contributed by atoms with E-state index in [-0.39, 0.29) is 0 Å². The number of methoxy groups -OCH3 is 1. The molecule has 0 heterocycles. The van der Waals surface area contributed by atoms with E-state index >= 15 is 0 Å². The van der Waals surface area contributed by atoms with Crippen molar-refractivity contribution in [2.45, 2.75) is 4.90 Å². The molecule has 88 valence electrons. The first-order valence-electron chi connectivity index (χ1n) is 5.23. The van der Waals surface area contributed by atoms with Crippen LogP contribution in [-0.2, 0) is 0 Å². The van der Waals surface area contributed by atoms with Gasteiger partial charge < -0.3 is 4.74 Å². The van der Waals surface area contributed by atoms with Gasteiger partial charge in [-0.25, -0.2) is 0 Å². The average molecular weight is 265 g/mol. The van der Waals surface area contributed by atoms with Crippen molar-refractivity contribution < 1.29 is 4.74 Å². The second kappa shape index (κ2) is 5.48. The molecule has 17 heavy (non-hydrogen) atoms. The highest BCUT2D eigenvalue weighted by atomic mass is 35.5. The molecule has 0 amide bonds. The highest BCUT2D eigenvalue weighted by molar-refractivity contribution is 7.98. The van der Waals surface area contributed by atoms with Crippen LogP contribution < -0.4 is 4.74 Å². The maximum absolute atomic E-state index is 6.23. The maximum Gasteiger partial charge on any atom is 0.145 e. The van der Waals surface area contributed by atoms with Gasteiger partial charge in [0.15, 0.2) is 0 Å². The van der Waals surface area contributed by atoms with Gasteiger partial charge in [0.25, 0.3) is 0 Å². The van der Waals surface area contributed by atoms with E-state index in [0.29, 0.717) is 5.02 Å². The number of hydrogen-bond acceptors (Lipinski definition) is 2. The normalized spacial score (nSPS) is 10.3. The minimum absolute atomic E-state index is 0.651. The molecule has 0 unspecified atom stereocenters. The van der Waals surface area contributed by atoms with Gasteiger partial charge in [-0.15, -0.1) is 11.8 Å². The van der Waals surface area contributed by atoms with Gasteiger partial charge in [-0.05, 0) is 24.0 Å². The van der Waals surface area contributed by atoms with Crippen LogP contribution in [0, 0.1) is 0 Å². The number of ether oxygens (including phenoxy) is 1. The molecule has 2 aromatic rings. The van der Waals surface area contributed by atoms with Crippen LogP contribution in [0.3, 0.4) is 0 Å². The third-order valence-electron chi connectivity index (χ3n) is 2.54. The van der Waals surface area contributed by atoms with E-state index in [1.54, 1.807) is 18.9 Å². The third kappa shape index (κ3) is 2.59. The lowest BCUT2D eigenvalue weighted by molar-refractivity contribution is 0.416. The lowest BCUT2D eigenvalue weighted by Gasteiger charge is -2.12. The quantitative estimate of drug-likeness (QED) is 0.741. The predicted octanol–water partition coefficient (Wildman–Crippen LogP) is 4.74. The zero-order chi connectivity index (χ0) is 12.3.